The van der Waals surface area contributed by atoms with Crippen molar-refractivity contribution in [1.29, 1.82) is 0 Å². The lowest BCUT2D eigenvalue weighted by molar-refractivity contribution is 0.870. The highest BCUT2D eigenvalue weighted by atomic mass is 32.2. The third-order valence-corrected chi connectivity index (χ3v) is 2.22. The molecule has 0 spiro atoms. The first-order chi connectivity index (χ1) is 3.80. The molecule has 0 unspecified atom stereocenters. The molecule has 0 saturated heterocycles. The van der Waals surface area contributed by atoms with Gasteiger partial charge in [0.05, 0.1) is 6.54 Å². The zero-order valence-corrected chi connectivity index (χ0v) is 6.38. The highest BCUT2D eigenvalue weighted by Gasteiger charge is 2.07. The third-order valence-electron chi connectivity index (χ3n) is 0.846. The van der Waals surface area contributed by atoms with Crippen molar-refractivity contribution in [3.63, 3.8) is 0 Å². The summed E-state index contributed by atoms with van der Waals surface area (Å²) in [7, 11) is 1.89. The smallest absolute Gasteiger partial charge is 0.168 e. The van der Waals surface area contributed by atoms with E-state index in [-0.39, 0.29) is 0 Å². The maximum absolute atomic E-state index is 4.16. The second kappa shape index (κ2) is 2.64. The normalized spacial score (nSPS) is 18.5. The molecule has 0 bridgehead atoms. The Bertz CT molecular complexity index is 111. The van der Waals surface area contributed by atoms with E-state index >= 15 is 0 Å². The Labute approximate surface area is 58.9 Å². The SMILES string of the molecule is CN(S)C1=NCCS1. The Morgan fingerprint density at radius 1 is 1.88 bits per heavy atom. The fraction of sp³-hybridized carbons (Fsp3) is 0.750. The van der Waals surface area contributed by atoms with E-state index in [9.17, 15) is 0 Å². The van der Waals surface area contributed by atoms with Crippen molar-refractivity contribution in [3.8, 4) is 0 Å². The van der Waals surface area contributed by atoms with Crippen LogP contribution in [-0.4, -0.2) is 28.8 Å². The molecule has 8 heavy (non-hydrogen) atoms. The van der Waals surface area contributed by atoms with Crippen LogP contribution >= 0.6 is 24.6 Å². The van der Waals surface area contributed by atoms with Crippen molar-refractivity contribution >= 4 is 29.7 Å². The molecule has 0 aromatic heterocycles. The molecular formula is C4H8N2S2. The van der Waals surface area contributed by atoms with E-state index in [1.165, 1.54) is 0 Å². The van der Waals surface area contributed by atoms with Gasteiger partial charge in [0.1, 0.15) is 0 Å². The highest BCUT2D eigenvalue weighted by Crippen LogP contribution is 2.14. The van der Waals surface area contributed by atoms with Gasteiger partial charge in [-0.1, -0.05) is 24.6 Å². The average molecular weight is 148 g/mol. The maximum atomic E-state index is 4.16. The van der Waals surface area contributed by atoms with Crippen LogP contribution in [0, 0.1) is 0 Å². The molecule has 1 aliphatic rings. The molecule has 0 aromatic carbocycles. The molecule has 0 aromatic rings. The largest absolute Gasteiger partial charge is 0.301 e. The number of hydrogen-bond acceptors (Lipinski definition) is 4. The number of amidine groups is 1. The standard InChI is InChI=1S/C4H8N2S2/c1-6(7)4-5-2-3-8-4/h7H,2-3H2,1H3. The minimum Gasteiger partial charge on any atom is -0.301 e. The van der Waals surface area contributed by atoms with E-state index in [1.807, 2.05) is 7.05 Å². The quantitative estimate of drug-likeness (QED) is 0.513. The summed E-state index contributed by atoms with van der Waals surface area (Å²) < 4.78 is 1.75. The number of aliphatic imine (C=N–C) groups is 1. The van der Waals surface area contributed by atoms with Gasteiger partial charge in [-0.25, -0.2) is 0 Å². The van der Waals surface area contributed by atoms with E-state index in [1.54, 1.807) is 16.1 Å². The Morgan fingerprint density at radius 3 is 2.88 bits per heavy atom. The number of nitrogens with zero attached hydrogens (tertiary/aromatic N) is 2. The zero-order chi connectivity index (χ0) is 5.98. The molecule has 1 aliphatic heterocycles. The van der Waals surface area contributed by atoms with E-state index in [0.717, 1.165) is 17.5 Å². The van der Waals surface area contributed by atoms with Gasteiger partial charge in [-0.3, -0.25) is 4.99 Å². The topological polar surface area (TPSA) is 15.6 Å². The molecule has 0 saturated carbocycles. The van der Waals surface area contributed by atoms with Crippen LogP contribution in [0.15, 0.2) is 4.99 Å². The molecular weight excluding hydrogens is 140 g/mol. The predicted octanol–water partition coefficient (Wildman–Crippen LogP) is 0.866. The van der Waals surface area contributed by atoms with Gasteiger partial charge in [-0.2, -0.15) is 0 Å². The zero-order valence-electron chi connectivity index (χ0n) is 4.66. The van der Waals surface area contributed by atoms with Crippen LogP contribution in [0.25, 0.3) is 0 Å². The van der Waals surface area contributed by atoms with Gasteiger partial charge in [-0.05, 0) is 0 Å². The molecule has 1 heterocycles. The lowest BCUT2D eigenvalue weighted by atomic mass is 10.8. The van der Waals surface area contributed by atoms with Gasteiger partial charge < -0.3 is 4.31 Å². The lowest BCUT2D eigenvalue weighted by Gasteiger charge is -2.06. The molecule has 0 amide bonds. The average Bonchev–Trinajstić information content (AvgIpc) is 2.12. The van der Waals surface area contributed by atoms with Crippen molar-refractivity contribution in [2.45, 2.75) is 0 Å². The first-order valence-electron chi connectivity index (χ1n) is 2.40. The van der Waals surface area contributed by atoms with E-state index in [4.69, 9.17) is 0 Å². The summed E-state index contributed by atoms with van der Waals surface area (Å²) in [5, 5.41) is 1.04. The molecule has 0 N–H and O–H groups in total. The van der Waals surface area contributed by atoms with Crippen molar-refractivity contribution in [2.24, 2.45) is 4.99 Å². The summed E-state index contributed by atoms with van der Waals surface area (Å²) in [6, 6.07) is 0. The third kappa shape index (κ3) is 1.32. The molecule has 0 atom stereocenters. The Morgan fingerprint density at radius 2 is 2.62 bits per heavy atom. The van der Waals surface area contributed by atoms with Gasteiger partial charge in [0.15, 0.2) is 5.17 Å². The summed E-state index contributed by atoms with van der Waals surface area (Å²) in [5.74, 6) is 1.11. The van der Waals surface area contributed by atoms with Crippen molar-refractivity contribution in [3.05, 3.63) is 0 Å². The van der Waals surface area contributed by atoms with Crippen LogP contribution in [0.3, 0.4) is 0 Å². The first-order valence-corrected chi connectivity index (χ1v) is 3.79. The molecule has 1 rings (SSSR count). The summed E-state index contributed by atoms with van der Waals surface area (Å²) in [5.41, 5.74) is 0. The second-order valence-electron chi connectivity index (χ2n) is 1.54. The van der Waals surface area contributed by atoms with Crippen molar-refractivity contribution in [2.75, 3.05) is 19.3 Å². The number of thioether (sulfide) groups is 1. The van der Waals surface area contributed by atoms with Gasteiger partial charge in [0, 0.05) is 12.8 Å². The molecule has 0 aliphatic carbocycles. The van der Waals surface area contributed by atoms with Gasteiger partial charge in [0.2, 0.25) is 0 Å². The minimum atomic E-state index is 0.949. The molecule has 46 valence electrons. The van der Waals surface area contributed by atoms with Crippen LogP contribution < -0.4 is 0 Å². The molecule has 2 nitrogen and oxygen atoms in total. The van der Waals surface area contributed by atoms with Crippen LogP contribution in [0.2, 0.25) is 0 Å². The Hall–Kier alpha value is 0.170. The van der Waals surface area contributed by atoms with E-state index in [0.29, 0.717) is 0 Å². The molecule has 0 radical (unpaired) electrons. The summed E-state index contributed by atoms with van der Waals surface area (Å²) in [6.07, 6.45) is 0. The molecule has 0 fully saturated rings. The summed E-state index contributed by atoms with van der Waals surface area (Å²) in [4.78, 5) is 4.16. The number of rotatable bonds is 0. The first kappa shape index (κ1) is 6.29. The van der Waals surface area contributed by atoms with Crippen molar-refractivity contribution in [1.82, 2.24) is 4.31 Å². The number of hydrogen-bond donors (Lipinski definition) is 1. The fourth-order valence-electron chi connectivity index (χ4n) is 0.520. The van der Waals surface area contributed by atoms with Gasteiger partial charge in [0.25, 0.3) is 0 Å². The summed E-state index contributed by atoms with van der Waals surface area (Å²) in [6.45, 7) is 0.949. The monoisotopic (exact) mass is 148 g/mol. The van der Waals surface area contributed by atoms with Crippen LogP contribution in [-0.2, 0) is 0 Å². The highest BCUT2D eigenvalue weighted by molar-refractivity contribution is 8.14. The van der Waals surface area contributed by atoms with Crippen LogP contribution in [0.4, 0.5) is 0 Å². The van der Waals surface area contributed by atoms with Crippen LogP contribution in [0.5, 0.6) is 0 Å². The lowest BCUT2D eigenvalue weighted by Crippen LogP contribution is -2.09. The fourth-order valence-corrected chi connectivity index (χ4v) is 1.49. The van der Waals surface area contributed by atoms with Gasteiger partial charge in [-0.15, -0.1) is 0 Å². The molecule has 4 heteroatoms. The minimum absolute atomic E-state index is 0.949. The maximum Gasteiger partial charge on any atom is 0.168 e. The van der Waals surface area contributed by atoms with E-state index < -0.39 is 0 Å². The Kier molecular flexibility index (Phi) is 2.08. The summed E-state index contributed by atoms with van der Waals surface area (Å²) >= 11 is 5.82. The van der Waals surface area contributed by atoms with Gasteiger partial charge >= 0.3 is 0 Å². The predicted molar refractivity (Wildman–Crippen MR) is 41.5 cm³/mol. The Balaban J connectivity index is 2.45. The van der Waals surface area contributed by atoms with Crippen molar-refractivity contribution < 1.29 is 0 Å². The van der Waals surface area contributed by atoms with Crippen LogP contribution in [0.1, 0.15) is 0 Å². The second-order valence-corrected chi connectivity index (χ2v) is 3.20. The number of thiol groups is 1. The van der Waals surface area contributed by atoms with E-state index in [2.05, 4.69) is 17.8 Å².